The molecule has 2 N–H and O–H groups in total. The highest BCUT2D eigenvalue weighted by atomic mass is 16.5. The van der Waals surface area contributed by atoms with Crippen LogP contribution < -0.4 is 5.73 Å². The van der Waals surface area contributed by atoms with Crippen molar-refractivity contribution >= 4 is 0 Å². The molecule has 3 rings (SSSR count). The topological polar surface area (TPSA) is 38.5 Å². The van der Waals surface area contributed by atoms with E-state index in [0.717, 1.165) is 19.7 Å². The van der Waals surface area contributed by atoms with Crippen LogP contribution in [0.15, 0.2) is 24.3 Å². The predicted octanol–water partition coefficient (Wildman–Crippen LogP) is 2.25. The molecule has 19 heavy (non-hydrogen) atoms. The molecule has 3 nitrogen and oxygen atoms in total. The van der Waals surface area contributed by atoms with Gasteiger partial charge in [0.1, 0.15) is 0 Å². The Morgan fingerprint density at radius 2 is 2.21 bits per heavy atom. The molecule has 0 bridgehead atoms. The maximum absolute atomic E-state index is 6.43. The smallest absolute Gasteiger partial charge is 0.0730 e. The summed E-state index contributed by atoms with van der Waals surface area (Å²) in [6.07, 6.45) is 4.25. The Balaban J connectivity index is 1.69. The van der Waals surface area contributed by atoms with Gasteiger partial charge in [-0.25, -0.2) is 0 Å². The highest BCUT2D eigenvalue weighted by Gasteiger charge is 2.36. The molecule has 1 aliphatic carbocycles. The van der Waals surface area contributed by atoms with Gasteiger partial charge >= 0.3 is 0 Å². The van der Waals surface area contributed by atoms with E-state index in [2.05, 4.69) is 36.1 Å². The van der Waals surface area contributed by atoms with Gasteiger partial charge in [0.05, 0.1) is 12.7 Å². The number of benzene rings is 1. The Hall–Kier alpha value is -0.900. The van der Waals surface area contributed by atoms with Crippen molar-refractivity contribution in [3.8, 4) is 0 Å². The molecule has 0 aromatic heterocycles. The van der Waals surface area contributed by atoms with Crippen molar-refractivity contribution < 1.29 is 4.74 Å². The monoisotopic (exact) mass is 260 g/mol. The molecule has 0 spiro atoms. The maximum Gasteiger partial charge on any atom is 0.0730 e. The Kier molecular flexibility index (Phi) is 3.87. The molecule has 1 saturated heterocycles. The lowest BCUT2D eigenvalue weighted by molar-refractivity contribution is -0.0572. The van der Waals surface area contributed by atoms with Crippen molar-refractivity contribution in [2.24, 2.45) is 5.73 Å². The Morgan fingerprint density at radius 3 is 3.05 bits per heavy atom. The zero-order chi connectivity index (χ0) is 13.2. The number of ether oxygens (including phenoxy) is 1. The summed E-state index contributed by atoms with van der Waals surface area (Å²) in [6, 6.07) is 9.18. The van der Waals surface area contributed by atoms with E-state index in [0.29, 0.717) is 12.1 Å². The average molecular weight is 260 g/mol. The third-order valence-corrected chi connectivity index (χ3v) is 4.62. The molecule has 1 saturated carbocycles. The summed E-state index contributed by atoms with van der Waals surface area (Å²) in [7, 11) is 0. The fourth-order valence-corrected chi connectivity index (χ4v) is 3.59. The summed E-state index contributed by atoms with van der Waals surface area (Å²) in [5.74, 6) is 0. The van der Waals surface area contributed by atoms with Crippen LogP contribution in [0.3, 0.4) is 0 Å². The van der Waals surface area contributed by atoms with Crippen LogP contribution in [-0.4, -0.2) is 36.7 Å². The SMILES string of the molecule is Cc1ccccc1C(N)CN1CCOC2CCCC21. The summed E-state index contributed by atoms with van der Waals surface area (Å²) < 4.78 is 5.86. The number of nitrogens with zero attached hydrogens (tertiary/aromatic N) is 1. The Bertz CT molecular complexity index is 435. The highest BCUT2D eigenvalue weighted by molar-refractivity contribution is 5.28. The summed E-state index contributed by atoms with van der Waals surface area (Å²) >= 11 is 0. The maximum atomic E-state index is 6.43. The van der Waals surface area contributed by atoms with E-state index in [1.54, 1.807) is 0 Å². The number of rotatable bonds is 3. The molecule has 2 aliphatic rings. The van der Waals surface area contributed by atoms with Crippen LogP contribution in [0, 0.1) is 6.92 Å². The van der Waals surface area contributed by atoms with Crippen molar-refractivity contribution in [1.29, 1.82) is 0 Å². The molecule has 1 heterocycles. The number of fused-ring (bicyclic) bond motifs is 1. The van der Waals surface area contributed by atoms with Gasteiger partial charge < -0.3 is 10.5 Å². The molecule has 104 valence electrons. The quantitative estimate of drug-likeness (QED) is 0.906. The number of hydrogen-bond acceptors (Lipinski definition) is 3. The third-order valence-electron chi connectivity index (χ3n) is 4.62. The van der Waals surface area contributed by atoms with Crippen molar-refractivity contribution in [3.05, 3.63) is 35.4 Å². The van der Waals surface area contributed by atoms with Gasteiger partial charge in [-0.3, -0.25) is 4.90 Å². The van der Waals surface area contributed by atoms with E-state index in [1.807, 2.05) is 0 Å². The second kappa shape index (κ2) is 5.61. The zero-order valence-electron chi connectivity index (χ0n) is 11.7. The minimum absolute atomic E-state index is 0.112. The minimum Gasteiger partial charge on any atom is -0.375 e. The molecular weight excluding hydrogens is 236 g/mol. The Labute approximate surface area is 115 Å². The Morgan fingerprint density at radius 1 is 1.37 bits per heavy atom. The number of nitrogens with two attached hydrogens (primary N) is 1. The van der Waals surface area contributed by atoms with Crippen LogP contribution in [0.5, 0.6) is 0 Å². The molecule has 3 heteroatoms. The van der Waals surface area contributed by atoms with E-state index in [1.165, 1.54) is 30.4 Å². The number of aryl methyl sites for hydroxylation is 1. The average Bonchev–Trinajstić information content (AvgIpc) is 2.88. The highest BCUT2D eigenvalue weighted by Crippen LogP contribution is 2.30. The van der Waals surface area contributed by atoms with Crippen LogP contribution >= 0.6 is 0 Å². The van der Waals surface area contributed by atoms with Gasteiger partial charge in [0.15, 0.2) is 0 Å². The van der Waals surface area contributed by atoms with Gasteiger partial charge in [-0.05, 0) is 37.3 Å². The van der Waals surface area contributed by atoms with Crippen molar-refractivity contribution in [3.63, 3.8) is 0 Å². The third kappa shape index (κ3) is 2.69. The number of hydrogen-bond donors (Lipinski definition) is 1. The first kappa shape index (κ1) is 13.1. The van der Waals surface area contributed by atoms with E-state index < -0.39 is 0 Å². The first-order valence-corrected chi connectivity index (χ1v) is 7.42. The molecule has 1 aromatic rings. The van der Waals surface area contributed by atoms with Gasteiger partial charge in [-0.2, -0.15) is 0 Å². The summed E-state index contributed by atoms with van der Waals surface area (Å²) in [5.41, 5.74) is 9.01. The van der Waals surface area contributed by atoms with Gasteiger partial charge in [-0.1, -0.05) is 24.3 Å². The molecule has 3 atom stereocenters. The summed E-state index contributed by atoms with van der Waals surface area (Å²) in [4.78, 5) is 2.55. The fourth-order valence-electron chi connectivity index (χ4n) is 3.59. The lowest BCUT2D eigenvalue weighted by Gasteiger charge is -2.39. The van der Waals surface area contributed by atoms with Crippen molar-refractivity contribution in [2.75, 3.05) is 19.7 Å². The molecule has 0 amide bonds. The molecule has 2 fully saturated rings. The molecule has 0 radical (unpaired) electrons. The van der Waals surface area contributed by atoms with Crippen LogP contribution in [-0.2, 0) is 4.74 Å². The van der Waals surface area contributed by atoms with Gasteiger partial charge in [0, 0.05) is 25.2 Å². The van der Waals surface area contributed by atoms with E-state index in [9.17, 15) is 0 Å². The van der Waals surface area contributed by atoms with Crippen molar-refractivity contribution in [1.82, 2.24) is 4.90 Å². The zero-order valence-corrected chi connectivity index (χ0v) is 11.7. The molecule has 1 aliphatic heterocycles. The molecule has 1 aromatic carbocycles. The minimum atomic E-state index is 0.112. The first-order valence-electron chi connectivity index (χ1n) is 7.42. The second-order valence-electron chi connectivity index (χ2n) is 5.87. The van der Waals surface area contributed by atoms with Crippen molar-refractivity contribution in [2.45, 2.75) is 44.4 Å². The fraction of sp³-hybridized carbons (Fsp3) is 0.625. The van der Waals surface area contributed by atoms with Crippen LogP contribution in [0.2, 0.25) is 0 Å². The lowest BCUT2D eigenvalue weighted by atomic mass is 10.0. The summed E-state index contributed by atoms with van der Waals surface area (Å²) in [5, 5.41) is 0. The van der Waals surface area contributed by atoms with Gasteiger partial charge in [0.25, 0.3) is 0 Å². The largest absolute Gasteiger partial charge is 0.375 e. The van der Waals surface area contributed by atoms with Gasteiger partial charge in [-0.15, -0.1) is 0 Å². The van der Waals surface area contributed by atoms with Crippen LogP contribution in [0.25, 0.3) is 0 Å². The second-order valence-corrected chi connectivity index (χ2v) is 5.87. The first-order chi connectivity index (χ1) is 9.25. The predicted molar refractivity (Wildman–Crippen MR) is 77.1 cm³/mol. The summed E-state index contributed by atoms with van der Waals surface area (Å²) in [6.45, 7) is 4.99. The number of morpholine rings is 1. The van der Waals surface area contributed by atoms with E-state index in [-0.39, 0.29) is 6.04 Å². The lowest BCUT2D eigenvalue weighted by Crippen LogP contribution is -2.50. The van der Waals surface area contributed by atoms with E-state index >= 15 is 0 Å². The molecule has 3 unspecified atom stereocenters. The van der Waals surface area contributed by atoms with Crippen LogP contribution in [0.4, 0.5) is 0 Å². The van der Waals surface area contributed by atoms with Gasteiger partial charge in [0.2, 0.25) is 0 Å². The molecular formula is C16H24N2O. The van der Waals surface area contributed by atoms with E-state index in [4.69, 9.17) is 10.5 Å². The standard InChI is InChI=1S/C16H24N2O/c1-12-5-2-3-6-13(12)14(17)11-18-9-10-19-16-8-4-7-15(16)18/h2-3,5-6,14-16H,4,7-11,17H2,1H3. The normalized spacial score (nSPS) is 29.2. The van der Waals surface area contributed by atoms with Crippen LogP contribution in [0.1, 0.15) is 36.4 Å².